The van der Waals surface area contributed by atoms with Gasteiger partial charge in [-0.25, -0.2) is 0 Å². The first-order valence-corrected chi connectivity index (χ1v) is 13.7. The Labute approximate surface area is 213 Å². The van der Waals surface area contributed by atoms with Crippen molar-refractivity contribution < 1.29 is 4.79 Å². The smallest absolute Gasteiger partial charge is 0.224 e. The van der Waals surface area contributed by atoms with Gasteiger partial charge in [0.05, 0.1) is 17.3 Å². The molecule has 4 rings (SSSR count). The van der Waals surface area contributed by atoms with Crippen LogP contribution >= 0.6 is 0 Å². The van der Waals surface area contributed by atoms with Crippen LogP contribution in [0.1, 0.15) is 90.1 Å². The van der Waals surface area contributed by atoms with Gasteiger partial charge in [-0.05, 0) is 75.8 Å². The molecule has 2 heterocycles. The first-order chi connectivity index (χ1) is 16.7. The fourth-order valence-corrected chi connectivity index (χ4v) is 6.20. The van der Waals surface area contributed by atoms with Crippen molar-refractivity contribution in [2.24, 2.45) is 11.3 Å². The summed E-state index contributed by atoms with van der Waals surface area (Å²) in [6.07, 6.45) is 14.3. The third-order valence-electron chi connectivity index (χ3n) is 8.36. The topological polar surface area (TPSA) is 73.0 Å². The first-order valence-electron chi connectivity index (χ1n) is 13.7. The lowest BCUT2D eigenvalue weighted by Gasteiger charge is -2.34. The van der Waals surface area contributed by atoms with Gasteiger partial charge in [0.15, 0.2) is 0 Å². The van der Waals surface area contributed by atoms with E-state index in [4.69, 9.17) is 5.10 Å². The van der Waals surface area contributed by atoms with Crippen molar-refractivity contribution >= 4 is 5.91 Å². The summed E-state index contributed by atoms with van der Waals surface area (Å²) in [5, 5.41) is 15.4. The lowest BCUT2D eigenvalue weighted by molar-refractivity contribution is -0.132. The number of amides is 1. The van der Waals surface area contributed by atoms with Crippen molar-refractivity contribution in [2.75, 3.05) is 14.1 Å². The van der Waals surface area contributed by atoms with E-state index in [0.717, 1.165) is 38.5 Å². The zero-order valence-corrected chi connectivity index (χ0v) is 23.2. The van der Waals surface area contributed by atoms with E-state index in [1.165, 1.54) is 23.4 Å². The Morgan fingerprint density at radius 1 is 1.34 bits per heavy atom. The van der Waals surface area contributed by atoms with Crippen LogP contribution in [0.3, 0.4) is 0 Å². The van der Waals surface area contributed by atoms with E-state index in [2.05, 4.69) is 55.2 Å². The molecule has 1 fully saturated rings. The molecule has 1 aromatic heterocycles. The monoisotopic (exact) mass is 483 g/mol. The third kappa shape index (κ3) is 6.08. The SMILES string of the molecule is C=CCCC(CC(=O)N(C)C1C=CC2C[C@](C)(c3n[nH]c4c3CCC(C)(C)C4)NC2C1)NC.CC. The fourth-order valence-electron chi connectivity index (χ4n) is 6.20. The summed E-state index contributed by atoms with van der Waals surface area (Å²) in [5.74, 6) is 0.691. The van der Waals surface area contributed by atoms with E-state index in [-0.39, 0.29) is 23.5 Å². The molecule has 0 bridgehead atoms. The van der Waals surface area contributed by atoms with Crippen molar-refractivity contribution in [3.05, 3.63) is 41.8 Å². The number of rotatable bonds is 8. The molecule has 1 aliphatic heterocycles. The summed E-state index contributed by atoms with van der Waals surface area (Å²) < 4.78 is 0. The Hall–Kier alpha value is -1.92. The van der Waals surface area contributed by atoms with Gasteiger partial charge in [0.25, 0.3) is 0 Å². The largest absolute Gasteiger partial charge is 0.339 e. The van der Waals surface area contributed by atoms with E-state index in [1.807, 2.05) is 38.9 Å². The molecule has 0 saturated carbocycles. The summed E-state index contributed by atoms with van der Waals surface area (Å²) >= 11 is 0. The number of carbonyl (C=O) groups excluding carboxylic acids is 1. The van der Waals surface area contributed by atoms with Crippen LogP contribution < -0.4 is 10.6 Å². The molecular formula is C29H49N5O. The van der Waals surface area contributed by atoms with E-state index < -0.39 is 0 Å². The number of hydrogen-bond acceptors (Lipinski definition) is 4. The van der Waals surface area contributed by atoms with Crippen LogP contribution in [0.4, 0.5) is 0 Å². The van der Waals surface area contributed by atoms with Crippen molar-refractivity contribution in [1.82, 2.24) is 25.7 Å². The Kier molecular flexibility index (Phi) is 9.03. The van der Waals surface area contributed by atoms with Gasteiger partial charge in [0.2, 0.25) is 5.91 Å². The lowest BCUT2D eigenvalue weighted by Crippen LogP contribution is -2.46. The Balaban J connectivity index is 0.00000167. The normalized spacial score (nSPS) is 29.4. The van der Waals surface area contributed by atoms with Gasteiger partial charge in [-0.3, -0.25) is 9.89 Å². The van der Waals surface area contributed by atoms with Crippen LogP contribution in [0.2, 0.25) is 0 Å². The highest BCUT2D eigenvalue weighted by Crippen LogP contribution is 2.44. The lowest BCUT2D eigenvalue weighted by atomic mass is 9.74. The van der Waals surface area contributed by atoms with Crippen molar-refractivity contribution in [1.29, 1.82) is 0 Å². The highest BCUT2D eigenvalue weighted by atomic mass is 16.2. The van der Waals surface area contributed by atoms with Crippen molar-refractivity contribution in [3.63, 3.8) is 0 Å². The molecule has 1 aromatic rings. The predicted molar refractivity (Wildman–Crippen MR) is 145 cm³/mol. The highest BCUT2D eigenvalue weighted by molar-refractivity contribution is 5.77. The highest BCUT2D eigenvalue weighted by Gasteiger charge is 2.47. The average molecular weight is 484 g/mol. The van der Waals surface area contributed by atoms with Gasteiger partial charge < -0.3 is 15.5 Å². The van der Waals surface area contributed by atoms with E-state index >= 15 is 0 Å². The second kappa shape index (κ2) is 11.4. The minimum atomic E-state index is -0.120. The van der Waals surface area contributed by atoms with Crippen LogP contribution in [0.15, 0.2) is 24.8 Å². The van der Waals surface area contributed by atoms with Gasteiger partial charge in [0.1, 0.15) is 0 Å². The second-order valence-corrected chi connectivity index (χ2v) is 11.6. The van der Waals surface area contributed by atoms with E-state index in [1.54, 1.807) is 0 Å². The zero-order chi connectivity index (χ0) is 25.8. The number of likely N-dealkylation sites (N-methyl/N-ethyl adjacent to an activating group) is 1. The molecule has 1 saturated heterocycles. The molecular weight excluding hydrogens is 434 g/mol. The van der Waals surface area contributed by atoms with E-state index in [9.17, 15) is 4.79 Å². The third-order valence-corrected chi connectivity index (χ3v) is 8.36. The summed E-state index contributed by atoms with van der Waals surface area (Å²) in [7, 11) is 3.89. The summed E-state index contributed by atoms with van der Waals surface area (Å²) in [4.78, 5) is 14.9. The second-order valence-electron chi connectivity index (χ2n) is 11.6. The first kappa shape index (κ1) is 27.7. The quantitative estimate of drug-likeness (QED) is 0.461. The van der Waals surface area contributed by atoms with Crippen LogP contribution in [-0.4, -0.2) is 53.2 Å². The molecule has 0 spiro atoms. The van der Waals surface area contributed by atoms with Crippen LogP contribution in [0.5, 0.6) is 0 Å². The number of hydrogen-bond donors (Lipinski definition) is 3. The van der Waals surface area contributed by atoms with Crippen LogP contribution in [-0.2, 0) is 23.2 Å². The number of nitrogens with zero attached hydrogens (tertiary/aromatic N) is 2. The summed E-state index contributed by atoms with van der Waals surface area (Å²) in [6.45, 7) is 14.8. The molecule has 4 unspecified atom stereocenters. The molecule has 6 nitrogen and oxygen atoms in total. The standard InChI is InChI=1S/C27H43N5O.C2H6/c1-7-8-9-19(28-5)14-24(33)32(6)20-11-10-18-16-27(4,29-22(18)15-20)25-21-12-13-26(2,3)17-23(21)30-31-25;1-2/h7,10-11,18-20,22,28-29H,1,8-9,12-17H2,2-6H3,(H,30,31);1-2H3/t18?,19?,20?,22?,27-;/m1./s1. The van der Waals surface area contributed by atoms with Crippen LogP contribution in [0.25, 0.3) is 0 Å². The maximum atomic E-state index is 13.0. The minimum Gasteiger partial charge on any atom is -0.339 e. The van der Waals surface area contributed by atoms with Gasteiger partial charge in [-0.1, -0.05) is 45.9 Å². The number of allylic oxidation sites excluding steroid dienone is 1. The number of H-pyrrole nitrogens is 1. The number of carbonyl (C=O) groups is 1. The van der Waals surface area contributed by atoms with Crippen molar-refractivity contribution in [2.45, 2.75) is 110 Å². The molecule has 0 aromatic carbocycles. The average Bonchev–Trinajstić information content (AvgIpc) is 3.41. The van der Waals surface area contributed by atoms with E-state index in [0.29, 0.717) is 23.8 Å². The fraction of sp³-hybridized carbons (Fsp3) is 0.724. The molecule has 0 radical (unpaired) electrons. The molecule has 2 aliphatic carbocycles. The maximum absolute atomic E-state index is 13.0. The summed E-state index contributed by atoms with van der Waals surface area (Å²) in [6, 6.07) is 0.704. The molecule has 1 amide bonds. The number of aromatic amines is 1. The van der Waals surface area contributed by atoms with Crippen LogP contribution in [0, 0.1) is 11.3 Å². The Bertz CT molecular complexity index is 903. The number of fused-ring (bicyclic) bond motifs is 2. The maximum Gasteiger partial charge on any atom is 0.224 e. The number of nitrogens with one attached hydrogen (secondary N) is 3. The van der Waals surface area contributed by atoms with Gasteiger partial charge in [-0.2, -0.15) is 5.10 Å². The molecule has 196 valence electrons. The summed E-state index contributed by atoms with van der Waals surface area (Å²) in [5.41, 5.74) is 4.21. The Morgan fingerprint density at radius 3 is 2.77 bits per heavy atom. The zero-order valence-electron chi connectivity index (χ0n) is 23.2. The predicted octanol–water partition coefficient (Wildman–Crippen LogP) is 4.88. The van der Waals surface area contributed by atoms with Gasteiger partial charge >= 0.3 is 0 Å². The molecule has 6 heteroatoms. The Morgan fingerprint density at radius 2 is 2.09 bits per heavy atom. The van der Waals surface area contributed by atoms with Gasteiger partial charge in [0, 0.05) is 31.2 Å². The molecule has 35 heavy (non-hydrogen) atoms. The molecule has 3 aliphatic rings. The van der Waals surface area contributed by atoms with Crippen molar-refractivity contribution in [3.8, 4) is 0 Å². The van der Waals surface area contributed by atoms with Gasteiger partial charge in [-0.15, -0.1) is 6.58 Å². The minimum absolute atomic E-state index is 0.120. The molecule has 3 N–H and O–H groups in total. The molecule has 5 atom stereocenters. The number of aromatic nitrogens is 2.